The fourth-order valence-corrected chi connectivity index (χ4v) is 4.57. The number of sulfonamides is 1. The van der Waals surface area contributed by atoms with Crippen molar-refractivity contribution in [3.63, 3.8) is 0 Å². The van der Waals surface area contributed by atoms with Gasteiger partial charge in [0.25, 0.3) is 10.0 Å². The highest BCUT2D eigenvalue weighted by molar-refractivity contribution is 7.92. The molecule has 0 aliphatic rings. The molecule has 3 heterocycles. The lowest BCUT2D eigenvalue weighted by Crippen LogP contribution is -2.13. The standard InChI is InChI=1S/C24H21N7O4S/c1-15-9-10-25-21(11-15)29-23-13-22(26-14-27-23)28-16-3-5-17(6-4-16)30-36(33,34)18-7-8-20-19(12-18)31(2)24(32)35-20/h3-14,30H,1-2H3,(H2,25,26,27,28,29). The zero-order chi connectivity index (χ0) is 25.3. The van der Waals surface area contributed by atoms with E-state index in [9.17, 15) is 13.2 Å². The van der Waals surface area contributed by atoms with Crippen LogP contribution in [0.25, 0.3) is 11.1 Å². The Bertz CT molecular complexity index is 1730. The SMILES string of the molecule is Cc1ccnc(Nc2cc(Nc3ccc(NS(=O)(=O)c4ccc5oc(=O)n(C)c5c4)cc3)ncn2)c1. The van der Waals surface area contributed by atoms with Gasteiger partial charge in [0, 0.05) is 30.7 Å². The van der Waals surface area contributed by atoms with Crippen LogP contribution >= 0.6 is 0 Å². The first kappa shape index (κ1) is 23.1. The Kier molecular flexibility index (Phi) is 5.86. The number of hydrogen-bond acceptors (Lipinski definition) is 9. The Labute approximate surface area is 205 Å². The number of oxazole rings is 1. The molecule has 11 nitrogen and oxygen atoms in total. The molecule has 0 fully saturated rings. The number of anilines is 5. The van der Waals surface area contributed by atoms with Crippen molar-refractivity contribution in [1.82, 2.24) is 19.5 Å². The summed E-state index contributed by atoms with van der Waals surface area (Å²) in [6.07, 6.45) is 3.14. The van der Waals surface area contributed by atoms with Gasteiger partial charge in [0.1, 0.15) is 23.8 Å². The molecule has 0 bridgehead atoms. The Morgan fingerprint density at radius 2 is 1.53 bits per heavy atom. The topological polar surface area (TPSA) is 144 Å². The fraction of sp³-hybridized carbons (Fsp3) is 0.0833. The smallest absolute Gasteiger partial charge is 0.408 e. The molecule has 0 radical (unpaired) electrons. The van der Waals surface area contributed by atoms with Crippen LogP contribution in [0.4, 0.5) is 28.8 Å². The number of fused-ring (bicyclic) bond motifs is 1. The lowest BCUT2D eigenvalue weighted by atomic mass is 10.3. The monoisotopic (exact) mass is 503 g/mol. The molecule has 0 unspecified atom stereocenters. The second-order valence-corrected chi connectivity index (χ2v) is 9.68. The maximum Gasteiger partial charge on any atom is 0.419 e. The Hall–Kier alpha value is -4.71. The van der Waals surface area contributed by atoms with Crippen molar-refractivity contribution in [3.8, 4) is 0 Å². The Balaban J connectivity index is 1.29. The van der Waals surface area contributed by atoms with Crippen molar-refractivity contribution in [2.45, 2.75) is 11.8 Å². The fourth-order valence-electron chi connectivity index (χ4n) is 3.49. The molecule has 3 N–H and O–H groups in total. The second kappa shape index (κ2) is 9.15. The minimum absolute atomic E-state index is 0.0118. The number of hydrogen-bond donors (Lipinski definition) is 3. The molecule has 12 heteroatoms. The van der Waals surface area contributed by atoms with Crippen molar-refractivity contribution < 1.29 is 12.8 Å². The third-order valence-electron chi connectivity index (χ3n) is 5.32. The number of aryl methyl sites for hydroxylation is 2. The van der Waals surface area contributed by atoms with Gasteiger partial charge in [-0.1, -0.05) is 0 Å². The highest BCUT2D eigenvalue weighted by atomic mass is 32.2. The van der Waals surface area contributed by atoms with Crippen LogP contribution in [-0.4, -0.2) is 27.9 Å². The molecule has 0 spiro atoms. The van der Waals surface area contributed by atoms with Crippen LogP contribution in [0, 0.1) is 6.92 Å². The molecule has 5 rings (SSSR count). The number of nitrogens with one attached hydrogen (secondary N) is 3. The summed E-state index contributed by atoms with van der Waals surface area (Å²) in [7, 11) is -2.37. The van der Waals surface area contributed by atoms with Gasteiger partial charge in [-0.25, -0.2) is 28.2 Å². The van der Waals surface area contributed by atoms with Crippen molar-refractivity contribution >= 4 is 50.0 Å². The maximum absolute atomic E-state index is 12.9. The van der Waals surface area contributed by atoms with Gasteiger partial charge in [0.2, 0.25) is 0 Å². The van der Waals surface area contributed by atoms with E-state index in [0.29, 0.717) is 39.9 Å². The number of pyridine rings is 1. The predicted octanol–water partition coefficient (Wildman–Crippen LogP) is 3.91. The molecule has 0 saturated heterocycles. The van der Waals surface area contributed by atoms with Crippen molar-refractivity contribution in [3.05, 3.63) is 89.3 Å². The first-order chi connectivity index (χ1) is 17.3. The molecule has 0 aliphatic carbocycles. The van der Waals surface area contributed by atoms with Crippen molar-refractivity contribution in [2.75, 3.05) is 15.4 Å². The van der Waals surface area contributed by atoms with E-state index in [4.69, 9.17) is 4.42 Å². The molecule has 36 heavy (non-hydrogen) atoms. The van der Waals surface area contributed by atoms with Gasteiger partial charge in [-0.05, 0) is 67.1 Å². The average molecular weight is 504 g/mol. The minimum atomic E-state index is -3.88. The van der Waals surface area contributed by atoms with E-state index in [0.717, 1.165) is 5.56 Å². The molecule has 0 aliphatic heterocycles. The van der Waals surface area contributed by atoms with Crippen LogP contribution < -0.4 is 21.1 Å². The van der Waals surface area contributed by atoms with Crippen LogP contribution in [-0.2, 0) is 17.1 Å². The quantitative estimate of drug-likeness (QED) is 0.301. The van der Waals surface area contributed by atoms with Crippen LogP contribution in [0.5, 0.6) is 0 Å². The third kappa shape index (κ3) is 4.88. The zero-order valence-corrected chi connectivity index (χ0v) is 20.1. The Morgan fingerprint density at radius 1 is 0.833 bits per heavy atom. The summed E-state index contributed by atoms with van der Waals surface area (Å²) in [5, 5.41) is 6.29. The first-order valence-electron chi connectivity index (χ1n) is 10.8. The van der Waals surface area contributed by atoms with Crippen LogP contribution in [0.15, 0.2) is 87.3 Å². The van der Waals surface area contributed by atoms with E-state index in [1.807, 2.05) is 19.1 Å². The van der Waals surface area contributed by atoms with E-state index in [2.05, 4.69) is 30.3 Å². The number of rotatable bonds is 7. The van der Waals surface area contributed by atoms with E-state index >= 15 is 0 Å². The van der Waals surface area contributed by atoms with Gasteiger partial charge in [0.05, 0.1) is 10.4 Å². The van der Waals surface area contributed by atoms with Gasteiger partial charge in [-0.15, -0.1) is 0 Å². The van der Waals surface area contributed by atoms with Gasteiger partial charge in [0.15, 0.2) is 5.58 Å². The zero-order valence-electron chi connectivity index (χ0n) is 19.3. The number of benzene rings is 2. The number of aromatic nitrogens is 4. The summed E-state index contributed by atoms with van der Waals surface area (Å²) in [6, 6.07) is 16.5. The summed E-state index contributed by atoms with van der Waals surface area (Å²) >= 11 is 0. The molecule has 3 aromatic heterocycles. The van der Waals surface area contributed by atoms with E-state index < -0.39 is 15.8 Å². The van der Waals surface area contributed by atoms with E-state index in [1.165, 1.54) is 36.1 Å². The lowest BCUT2D eigenvalue weighted by Gasteiger charge is -2.11. The average Bonchev–Trinajstić information content (AvgIpc) is 3.13. The Morgan fingerprint density at radius 3 is 2.28 bits per heavy atom. The van der Waals surface area contributed by atoms with Gasteiger partial charge >= 0.3 is 5.76 Å². The first-order valence-corrected chi connectivity index (χ1v) is 12.3. The third-order valence-corrected chi connectivity index (χ3v) is 6.70. The second-order valence-electron chi connectivity index (χ2n) is 8.00. The molecular weight excluding hydrogens is 482 g/mol. The van der Waals surface area contributed by atoms with Crippen LogP contribution in [0.3, 0.4) is 0 Å². The summed E-state index contributed by atoms with van der Waals surface area (Å²) in [5.74, 6) is 1.23. The normalized spacial score (nSPS) is 11.4. The van der Waals surface area contributed by atoms with Crippen LogP contribution in [0.2, 0.25) is 0 Å². The molecule has 5 aromatic rings. The van der Waals surface area contributed by atoms with Gasteiger partial charge in [-0.2, -0.15) is 0 Å². The maximum atomic E-state index is 12.9. The van der Waals surface area contributed by atoms with Crippen LogP contribution in [0.1, 0.15) is 5.56 Å². The summed E-state index contributed by atoms with van der Waals surface area (Å²) in [6.45, 7) is 1.98. The molecule has 0 atom stereocenters. The largest absolute Gasteiger partial charge is 0.419 e. The van der Waals surface area contributed by atoms with Gasteiger partial charge in [-0.3, -0.25) is 9.29 Å². The highest BCUT2D eigenvalue weighted by Gasteiger charge is 2.17. The molecule has 182 valence electrons. The van der Waals surface area contributed by atoms with E-state index in [-0.39, 0.29) is 4.90 Å². The van der Waals surface area contributed by atoms with Crippen molar-refractivity contribution in [1.29, 1.82) is 0 Å². The summed E-state index contributed by atoms with van der Waals surface area (Å²) in [4.78, 5) is 24.4. The lowest BCUT2D eigenvalue weighted by molar-refractivity contribution is 0.528. The summed E-state index contributed by atoms with van der Waals surface area (Å²) < 4.78 is 34.6. The van der Waals surface area contributed by atoms with E-state index in [1.54, 1.807) is 36.5 Å². The predicted molar refractivity (Wildman–Crippen MR) is 136 cm³/mol. The highest BCUT2D eigenvalue weighted by Crippen LogP contribution is 2.23. The molecule has 2 aromatic carbocycles. The molecular formula is C24H21N7O4S. The number of nitrogens with zero attached hydrogens (tertiary/aromatic N) is 4. The summed E-state index contributed by atoms with van der Waals surface area (Å²) in [5.41, 5.74) is 2.85. The van der Waals surface area contributed by atoms with Gasteiger partial charge < -0.3 is 15.1 Å². The van der Waals surface area contributed by atoms with Crippen molar-refractivity contribution in [2.24, 2.45) is 7.05 Å². The minimum Gasteiger partial charge on any atom is -0.408 e. The molecule has 0 amide bonds. The molecule has 0 saturated carbocycles.